The Bertz CT molecular complexity index is 744. The van der Waals surface area contributed by atoms with Crippen LogP contribution in [0.25, 0.3) is 10.8 Å². The summed E-state index contributed by atoms with van der Waals surface area (Å²) >= 11 is 0. The average Bonchev–Trinajstić information content (AvgIpc) is 2.52. The normalized spacial score (nSPS) is 10.7. The molecule has 106 valence electrons. The zero-order valence-electron chi connectivity index (χ0n) is 12.3. The Balaban J connectivity index is 1.96. The first-order chi connectivity index (χ1) is 10.3. The molecule has 0 aliphatic rings. The van der Waals surface area contributed by atoms with E-state index in [1.165, 1.54) is 22.0 Å². The highest BCUT2D eigenvalue weighted by Gasteiger charge is 2.08. The van der Waals surface area contributed by atoms with Crippen LogP contribution >= 0.6 is 0 Å². The van der Waals surface area contributed by atoms with E-state index in [1.807, 2.05) is 18.2 Å². The number of hydrogen-bond acceptors (Lipinski definition) is 2. The molecule has 0 radical (unpaired) electrons. The van der Waals surface area contributed by atoms with Gasteiger partial charge in [0.15, 0.2) is 0 Å². The number of fused-ring (bicyclic) bond motifs is 1. The molecule has 0 aromatic heterocycles. The second-order valence-corrected chi connectivity index (χ2v) is 5.25. The van der Waals surface area contributed by atoms with Crippen molar-refractivity contribution in [3.05, 3.63) is 72.3 Å². The molecule has 3 rings (SSSR count). The quantitative estimate of drug-likeness (QED) is 0.713. The number of nitrogen functional groups attached to an aromatic ring is 1. The summed E-state index contributed by atoms with van der Waals surface area (Å²) in [6.45, 7) is 4.02. The molecule has 0 atom stereocenters. The molecule has 0 saturated heterocycles. The molecule has 0 aliphatic heterocycles. The SMILES string of the molecule is CCN(Cc1cccc2ccccc12)c1cccc(N)c1. The fraction of sp³-hybridized carbons (Fsp3) is 0.158. The van der Waals surface area contributed by atoms with E-state index in [2.05, 4.69) is 60.4 Å². The predicted molar refractivity (Wildman–Crippen MR) is 91.5 cm³/mol. The highest BCUT2D eigenvalue weighted by atomic mass is 15.1. The molecule has 0 unspecified atom stereocenters. The summed E-state index contributed by atoms with van der Waals surface area (Å²) in [6, 6.07) is 23.1. The van der Waals surface area contributed by atoms with Gasteiger partial charge in [0.2, 0.25) is 0 Å². The maximum absolute atomic E-state index is 5.91. The van der Waals surface area contributed by atoms with Gasteiger partial charge < -0.3 is 10.6 Å². The second-order valence-electron chi connectivity index (χ2n) is 5.25. The van der Waals surface area contributed by atoms with Crippen molar-refractivity contribution in [2.45, 2.75) is 13.5 Å². The molecule has 0 spiro atoms. The Morgan fingerprint density at radius 3 is 2.48 bits per heavy atom. The van der Waals surface area contributed by atoms with Gasteiger partial charge in [-0.05, 0) is 41.5 Å². The maximum atomic E-state index is 5.91. The van der Waals surface area contributed by atoms with Crippen LogP contribution in [0.3, 0.4) is 0 Å². The third-order valence-corrected chi connectivity index (χ3v) is 3.86. The molecule has 3 aromatic rings. The van der Waals surface area contributed by atoms with Gasteiger partial charge in [-0.1, -0.05) is 48.5 Å². The van der Waals surface area contributed by atoms with E-state index < -0.39 is 0 Å². The first-order valence-electron chi connectivity index (χ1n) is 7.35. The first kappa shape index (κ1) is 13.5. The monoisotopic (exact) mass is 276 g/mol. The Labute approximate surface area is 125 Å². The number of nitrogens with two attached hydrogens (primary N) is 1. The lowest BCUT2D eigenvalue weighted by atomic mass is 10.0. The van der Waals surface area contributed by atoms with Gasteiger partial charge in [0.05, 0.1) is 0 Å². The van der Waals surface area contributed by atoms with Crippen molar-refractivity contribution in [3.63, 3.8) is 0 Å². The molecular formula is C19H20N2. The van der Waals surface area contributed by atoms with Crippen molar-refractivity contribution in [3.8, 4) is 0 Å². The third-order valence-electron chi connectivity index (χ3n) is 3.86. The lowest BCUT2D eigenvalue weighted by molar-refractivity contribution is 0.837. The van der Waals surface area contributed by atoms with E-state index in [0.29, 0.717) is 0 Å². The average molecular weight is 276 g/mol. The number of benzene rings is 3. The highest BCUT2D eigenvalue weighted by molar-refractivity contribution is 5.85. The lowest BCUT2D eigenvalue weighted by Gasteiger charge is -2.24. The standard InChI is InChI=1S/C19H20N2/c1-2-21(18-11-6-10-17(20)13-18)14-16-9-5-8-15-7-3-4-12-19(15)16/h3-13H,2,14,20H2,1H3. The molecular weight excluding hydrogens is 256 g/mol. The fourth-order valence-electron chi connectivity index (χ4n) is 2.74. The van der Waals surface area contributed by atoms with Crippen molar-refractivity contribution in [2.24, 2.45) is 0 Å². The highest BCUT2D eigenvalue weighted by Crippen LogP contribution is 2.24. The van der Waals surface area contributed by atoms with E-state index in [9.17, 15) is 0 Å². The van der Waals surface area contributed by atoms with Crippen LogP contribution in [0.5, 0.6) is 0 Å². The summed E-state index contributed by atoms with van der Waals surface area (Å²) in [5.74, 6) is 0. The van der Waals surface area contributed by atoms with E-state index in [4.69, 9.17) is 5.73 Å². The zero-order chi connectivity index (χ0) is 14.7. The van der Waals surface area contributed by atoms with E-state index in [1.54, 1.807) is 0 Å². The molecule has 0 heterocycles. The first-order valence-corrected chi connectivity index (χ1v) is 7.35. The second kappa shape index (κ2) is 5.88. The van der Waals surface area contributed by atoms with Gasteiger partial charge in [-0.2, -0.15) is 0 Å². The van der Waals surface area contributed by atoms with Crippen molar-refractivity contribution in [2.75, 3.05) is 17.2 Å². The molecule has 0 saturated carbocycles. The van der Waals surface area contributed by atoms with Crippen LogP contribution in [0.2, 0.25) is 0 Å². The molecule has 2 nitrogen and oxygen atoms in total. The van der Waals surface area contributed by atoms with Crippen molar-refractivity contribution < 1.29 is 0 Å². The van der Waals surface area contributed by atoms with Gasteiger partial charge >= 0.3 is 0 Å². The van der Waals surface area contributed by atoms with Gasteiger partial charge in [0.1, 0.15) is 0 Å². The van der Waals surface area contributed by atoms with Crippen LogP contribution < -0.4 is 10.6 Å². The van der Waals surface area contributed by atoms with Crippen LogP contribution in [0.1, 0.15) is 12.5 Å². The van der Waals surface area contributed by atoms with Gasteiger partial charge in [0.25, 0.3) is 0 Å². The Morgan fingerprint density at radius 2 is 1.67 bits per heavy atom. The van der Waals surface area contributed by atoms with Gasteiger partial charge in [0, 0.05) is 24.5 Å². The Morgan fingerprint density at radius 1 is 0.905 bits per heavy atom. The minimum atomic E-state index is 0.809. The zero-order valence-corrected chi connectivity index (χ0v) is 12.3. The Kier molecular flexibility index (Phi) is 3.78. The van der Waals surface area contributed by atoms with E-state index in [-0.39, 0.29) is 0 Å². The van der Waals surface area contributed by atoms with Gasteiger partial charge in [-0.15, -0.1) is 0 Å². The van der Waals surface area contributed by atoms with Gasteiger partial charge in [-0.3, -0.25) is 0 Å². The Hall–Kier alpha value is -2.48. The predicted octanol–water partition coefficient (Wildman–Crippen LogP) is 4.45. The summed E-state index contributed by atoms with van der Waals surface area (Å²) in [6.07, 6.45) is 0. The molecule has 21 heavy (non-hydrogen) atoms. The minimum Gasteiger partial charge on any atom is -0.399 e. The third kappa shape index (κ3) is 2.84. The number of hydrogen-bond donors (Lipinski definition) is 1. The molecule has 2 N–H and O–H groups in total. The van der Waals surface area contributed by atoms with Crippen LogP contribution in [0.15, 0.2) is 66.7 Å². The summed E-state index contributed by atoms with van der Waals surface area (Å²) < 4.78 is 0. The van der Waals surface area contributed by atoms with E-state index in [0.717, 1.165) is 18.8 Å². The topological polar surface area (TPSA) is 29.3 Å². The molecule has 2 heteroatoms. The molecule has 0 aliphatic carbocycles. The minimum absolute atomic E-state index is 0.809. The largest absolute Gasteiger partial charge is 0.399 e. The van der Waals surface area contributed by atoms with Crippen LogP contribution in [-0.4, -0.2) is 6.54 Å². The summed E-state index contributed by atoms with van der Waals surface area (Å²) in [5.41, 5.74) is 9.23. The van der Waals surface area contributed by atoms with E-state index >= 15 is 0 Å². The maximum Gasteiger partial charge on any atom is 0.0435 e. The van der Waals surface area contributed by atoms with Crippen LogP contribution in [0, 0.1) is 0 Å². The molecule has 0 amide bonds. The fourth-order valence-corrected chi connectivity index (χ4v) is 2.74. The van der Waals surface area contributed by atoms with Crippen LogP contribution in [0.4, 0.5) is 11.4 Å². The summed E-state index contributed by atoms with van der Waals surface area (Å²) in [7, 11) is 0. The van der Waals surface area contributed by atoms with Crippen molar-refractivity contribution in [1.29, 1.82) is 0 Å². The van der Waals surface area contributed by atoms with Crippen LogP contribution in [-0.2, 0) is 6.54 Å². The smallest absolute Gasteiger partial charge is 0.0435 e. The molecule has 0 bridgehead atoms. The number of rotatable bonds is 4. The van der Waals surface area contributed by atoms with Gasteiger partial charge in [-0.25, -0.2) is 0 Å². The summed E-state index contributed by atoms with van der Waals surface area (Å²) in [4.78, 5) is 2.35. The number of nitrogens with zero attached hydrogens (tertiary/aromatic N) is 1. The molecule has 0 fully saturated rings. The van der Waals surface area contributed by atoms with Crippen molar-refractivity contribution in [1.82, 2.24) is 0 Å². The number of anilines is 2. The lowest BCUT2D eigenvalue weighted by Crippen LogP contribution is -2.22. The molecule has 3 aromatic carbocycles. The summed E-state index contributed by atoms with van der Waals surface area (Å²) in [5, 5.41) is 2.61. The van der Waals surface area contributed by atoms with Crippen molar-refractivity contribution >= 4 is 22.1 Å².